The van der Waals surface area contributed by atoms with Gasteiger partial charge < -0.3 is 10.2 Å². The molecule has 2 aliphatic heterocycles. The second kappa shape index (κ2) is 7.47. The van der Waals surface area contributed by atoms with E-state index in [9.17, 15) is 13.2 Å². The van der Waals surface area contributed by atoms with Crippen molar-refractivity contribution < 1.29 is 13.2 Å². The lowest BCUT2D eigenvalue weighted by Gasteiger charge is -2.41. The number of benzene rings is 1. The van der Waals surface area contributed by atoms with Gasteiger partial charge in [0.2, 0.25) is 0 Å². The van der Waals surface area contributed by atoms with Crippen LogP contribution in [-0.2, 0) is 7.05 Å². The molecular weight excluding hydrogens is 365 g/mol. The van der Waals surface area contributed by atoms with Crippen molar-refractivity contribution in [2.45, 2.75) is 25.3 Å². The molecule has 1 saturated heterocycles. The zero-order chi connectivity index (χ0) is 19.8. The van der Waals surface area contributed by atoms with Crippen LogP contribution in [0, 0.1) is 18.6 Å². The lowest BCUT2D eigenvalue weighted by Crippen LogP contribution is -2.49. The maximum Gasteiger partial charge on any atom is 0.159 e. The Balaban J connectivity index is 1.69. The van der Waals surface area contributed by atoms with Crippen LogP contribution in [0.5, 0.6) is 0 Å². The van der Waals surface area contributed by atoms with Crippen molar-refractivity contribution in [1.82, 2.24) is 20.0 Å². The van der Waals surface area contributed by atoms with Gasteiger partial charge in [-0.05, 0) is 49.2 Å². The summed E-state index contributed by atoms with van der Waals surface area (Å²) in [6.45, 7) is 3.82. The number of nitrogens with zero attached hydrogens (tertiary/aromatic N) is 3. The fraction of sp³-hybridized carbons (Fsp3) is 0.381. The predicted octanol–water partition coefficient (Wildman–Crippen LogP) is 3.66. The van der Waals surface area contributed by atoms with Crippen molar-refractivity contribution in [3.8, 4) is 0 Å². The summed E-state index contributed by atoms with van der Waals surface area (Å²) in [5, 5.41) is 7.59. The quantitative estimate of drug-likeness (QED) is 0.871. The van der Waals surface area contributed by atoms with Crippen molar-refractivity contribution in [2.24, 2.45) is 7.05 Å². The minimum absolute atomic E-state index is 0.00601. The number of piperidine rings is 1. The molecular formula is C21H23F3N4. The van der Waals surface area contributed by atoms with Crippen LogP contribution >= 0.6 is 0 Å². The maximum atomic E-state index is 14.6. The van der Waals surface area contributed by atoms with Crippen LogP contribution < -0.4 is 5.32 Å². The Morgan fingerprint density at radius 3 is 2.71 bits per heavy atom. The van der Waals surface area contributed by atoms with E-state index in [-0.39, 0.29) is 17.8 Å². The van der Waals surface area contributed by atoms with Gasteiger partial charge in [-0.2, -0.15) is 5.10 Å². The van der Waals surface area contributed by atoms with Crippen LogP contribution in [0.2, 0.25) is 0 Å². The molecule has 4 nitrogen and oxygen atoms in total. The molecule has 2 atom stereocenters. The predicted molar refractivity (Wildman–Crippen MR) is 102 cm³/mol. The van der Waals surface area contributed by atoms with Crippen LogP contribution in [-0.4, -0.2) is 40.4 Å². The van der Waals surface area contributed by atoms with Gasteiger partial charge in [-0.25, -0.2) is 13.2 Å². The minimum Gasteiger partial charge on any atom is -0.368 e. The van der Waals surface area contributed by atoms with Gasteiger partial charge in [-0.15, -0.1) is 0 Å². The highest BCUT2D eigenvalue weighted by Crippen LogP contribution is 2.35. The smallest absolute Gasteiger partial charge is 0.159 e. The molecule has 0 saturated carbocycles. The molecule has 1 fully saturated rings. The van der Waals surface area contributed by atoms with Crippen molar-refractivity contribution in [3.05, 3.63) is 71.0 Å². The monoisotopic (exact) mass is 388 g/mol. The molecule has 0 bridgehead atoms. The van der Waals surface area contributed by atoms with Crippen LogP contribution in [0.25, 0.3) is 5.57 Å². The zero-order valence-corrected chi connectivity index (χ0v) is 15.9. The van der Waals surface area contributed by atoms with E-state index in [0.717, 1.165) is 29.8 Å². The summed E-state index contributed by atoms with van der Waals surface area (Å²) in [7, 11) is 1.79. The first-order chi connectivity index (χ1) is 13.5. The minimum atomic E-state index is -0.842. The summed E-state index contributed by atoms with van der Waals surface area (Å²) >= 11 is 0. The normalized spacial score (nSPS) is 22.8. The Bertz CT molecular complexity index is 928. The summed E-state index contributed by atoms with van der Waals surface area (Å²) in [4.78, 5) is 2.09. The molecule has 0 unspecified atom stereocenters. The molecule has 148 valence electrons. The van der Waals surface area contributed by atoms with Crippen LogP contribution in [0.4, 0.5) is 13.2 Å². The molecule has 0 radical (unpaired) electrons. The SMILES string of the molecule is Cc1cnn(C)c1C1=CN([C@@H]2CNCC[C@H]2c2ccc(F)c(F)c2)CC=C1F. The van der Waals surface area contributed by atoms with Crippen molar-refractivity contribution in [1.29, 1.82) is 0 Å². The first-order valence-electron chi connectivity index (χ1n) is 9.44. The number of halogens is 3. The van der Waals surface area contributed by atoms with E-state index in [0.29, 0.717) is 18.7 Å². The van der Waals surface area contributed by atoms with Crippen molar-refractivity contribution in [2.75, 3.05) is 19.6 Å². The van der Waals surface area contributed by atoms with Crippen LogP contribution in [0.3, 0.4) is 0 Å². The molecule has 28 heavy (non-hydrogen) atoms. The van der Waals surface area contributed by atoms with Crippen molar-refractivity contribution in [3.63, 3.8) is 0 Å². The van der Waals surface area contributed by atoms with E-state index in [2.05, 4.69) is 15.3 Å². The zero-order valence-electron chi connectivity index (χ0n) is 15.9. The summed E-state index contributed by atoms with van der Waals surface area (Å²) in [6, 6.07) is 4.12. The number of hydrogen-bond acceptors (Lipinski definition) is 3. The molecule has 7 heteroatoms. The third-order valence-electron chi connectivity index (χ3n) is 5.66. The van der Waals surface area contributed by atoms with Crippen LogP contribution in [0.15, 0.2) is 42.5 Å². The highest BCUT2D eigenvalue weighted by Gasteiger charge is 2.32. The first-order valence-corrected chi connectivity index (χ1v) is 9.44. The highest BCUT2D eigenvalue weighted by atomic mass is 19.2. The molecule has 4 rings (SSSR count). The third kappa shape index (κ3) is 3.35. The summed E-state index contributed by atoms with van der Waals surface area (Å²) in [5.41, 5.74) is 2.91. The number of rotatable bonds is 3. The number of allylic oxidation sites excluding steroid dienone is 2. The van der Waals surface area contributed by atoms with Gasteiger partial charge in [-0.3, -0.25) is 4.68 Å². The Labute approximate surface area is 162 Å². The summed E-state index contributed by atoms with van der Waals surface area (Å²) in [6.07, 6.45) is 5.92. The van der Waals surface area contributed by atoms with Gasteiger partial charge >= 0.3 is 0 Å². The van der Waals surface area contributed by atoms with Crippen molar-refractivity contribution >= 4 is 5.57 Å². The summed E-state index contributed by atoms with van der Waals surface area (Å²) in [5.74, 6) is -1.92. The van der Waals surface area contributed by atoms with Gasteiger partial charge in [-0.1, -0.05) is 6.07 Å². The Hall–Kier alpha value is -2.54. The number of aryl methyl sites for hydroxylation is 2. The molecule has 3 heterocycles. The number of nitrogens with one attached hydrogen (secondary N) is 1. The number of aromatic nitrogens is 2. The average molecular weight is 388 g/mol. The third-order valence-corrected chi connectivity index (χ3v) is 5.66. The fourth-order valence-electron chi connectivity index (χ4n) is 4.24. The molecule has 2 aliphatic rings. The second-order valence-electron chi connectivity index (χ2n) is 7.43. The fourth-order valence-corrected chi connectivity index (χ4v) is 4.24. The molecule has 1 N–H and O–H groups in total. The molecule has 1 aromatic heterocycles. The van der Waals surface area contributed by atoms with Gasteiger partial charge in [0, 0.05) is 38.3 Å². The van der Waals surface area contributed by atoms with Gasteiger partial charge in [0.1, 0.15) is 5.83 Å². The van der Waals surface area contributed by atoms with E-state index in [1.165, 1.54) is 12.1 Å². The van der Waals surface area contributed by atoms with Gasteiger partial charge in [0.05, 0.1) is 17.5 Å². The second-order valence-corrected chi connectivity index (χ2v) is 7.43. The number of hydrogen-bond donors (Lipinski definition) is 1. The highest BCUT2D eigenvalue weighted by molar-refractivity contribution is 5.77. The standard InChI is InChI=1S/C21H23F3N4/c1-13-10-26-27(2)21(13)16-12-28(8-6-17(16)22)20-11-25-7-5-15(20)14-3-4-18(23)19(24)9-14/h3-4,6,9-10,12,15,20,25H,5,7-8,11H2,1-2H3/t15-,20+/m0/s1. The topological polar surface area (TPSA) is 33.1 Å². The first kappa shape index (κ1) is 18.8. The van der Waals surface area contributed by atoms with E-state index >= 15 is 0 Å². The van der Waals surface area contributed by atoms with Gasteiger partial charge in [0.25, 0.3) is 0 Å². The maximum absolute atomic E-state index is 14.6. The average Bonchev–Trinajstić information content (AvgIpc) is 3.03. The lowest BCUT2D eigenvalue weighted by molar-refractivity contribution is 0.215. The Morgan fingerprint density at radius 2 is 2.00 bits per heavy atom. The molecule has 0 spiro atoms. The Morgan fingerprint density at radius 1 is 1.18 bits per heavy atom. The summed E-state index contributed by atoms with van der Waals surface area (Å²) < 4.78 is 43.5. The Kier molecular flexibility index (Phi) is 5.02. The largest absolute Gasteiger partial charge is 0.368 e. The van der Waals surface area contributed by atoms with E-state index in [1.54, 1.807) is 30.1 Å². The molecule has 0 aliphatic carbocycles. The lowest BCUT2D eigenvalue weighted by atomic mass is 9.84. The molecule has 1 aromatic carbocycles. The van der Waals surface area contributed by atoms with E-state index in [4.69, 9.17) is 0 Å². The van der Waals surface area contributed by atoms with Gasteiger partial charge in [0.15, 0.2) is 11.6 Å². The van der Waals surface area contributed by atoms with Crippen LogP contribution in [0.1, 0.15) is 29.2 Å². The molecule has 2 aromatic rings. The van der Waals surface area contributed by atoms with E-state index < -0.39 is 11.6 Å². The molecule has 0 amide bonds. The van der Waals surface area contributed by atoms with E-state index in [1.807, 2.05) is 13.1 Å².